The van der Waals surface area contributed by atoms with Gasteiger partial charge in [0.05, 0.1) is 6.20 Å². The highest BCUT2D eigenvalue weighted by Crippen LogP contribution is 2.33. The number of hydrogen-bond acceptors (Lipinski definition) is 2. The van der Waals surface area contributed by atoms with Gasteiger partial charge >= 0.3 is 0 Å². The average molecular weight is 192 g/mol. The molecule has 1 heterocycles. The van der Waals surface area contributed by atoms with Gasteiger partial charge in [0.2, 0.25) is 0 Å². The third-order valence-electron chi connectivity index (χ3n) is 2.89. The standard InChI is InChI=1S/C11H16N2O/c1-9-3-5-11(14,6-4-9)10-7-12-13(2)8-10/h3,5,7-9,14H,4,6H2,1-2H3. The van der Waals surface area contributed by atoms with Crippen LogP contribution in [0.25, 0.3) is 0 Å². The molecular formula is C11H16N2O. The summed E-state index contributed by atoms with van der Waals surface area (Å²) in [6, 6.07) is 0. The van der Waals surface area contributed by atoms with E-state index in [2.05, 4.69) is 18.1 Å². The highest BCUT2D eigenvalue weighted by atomic mass is 16.3. The Bertz CT molecular complexity index is 356. The molecule has 0 fully saturated rings. The fraction of sp³-hybridized carbons (Fsp3) is 0.545. The lowest BCUT2D eigenvalue weighted by Gasteiger charge is -2.28. The topological polar surface area (TPSA) is 38.1 Å². The minimum atomic E-state index is -0.791. The van der Waals surface area contributed by atoms with Crippen molar-refractivity contribution < 1.29 is 5.11 Å². The molecule has 3 heteroatoms. The fourth-order valence-corrected chi connectivity index (χ4v) is 1.84. The number of aliphatic hydroxyl groups is 1. The van der Waals surface area contributed by atoms with Gasteiger partial charge in [-0.25, -0.2) is 0 Å². The molecule has 1 aromatic rings. The van der Waals surface area contributed by atoms with Crippen molar-refractivity contribution in [3.8, 4) is 0 Å². The summed E-state index contributed by atoms with van der Waals surface area (Å²) in [6.07, 6.45) is 9.41. The van der Waals surface area contributed by atoms with E-state index in [9.17, 15) is 5.11 Å². The van der Waals surface area contributed by atoms with Crippen LogP contribution in [0.3, 0.4) is 0 Å². The summed E-state index contributed by atoms with van der Waals surface area (Å²) in [4.78, 5) is 0. The zero-order valence-corrected chi connectivity index (χ0v) is 8.64. The van der Waals surface area contributed by atoms with Crippen molar-refractivity contribution in [3.63, 3.8) is 0 Å². The molecule has 0 amide bonds. The van der Waals surface area contributed by atoms with Crippen molar-refractivity contribution in [1.29, 1.82) is 0 Å². The predicted octanol–water partition coefficient (Wildman–Crippen LogP) is 1.59. The first-order valence-electron chi connectivity index (χ1n) is 5.01. The molecule has 0 radical (unpaired) electrons. The number of allylic oxidation sites excluding steroid dienone is 1. The molecule has 1 aliphatic rings. The second-order valence-corrected chi connectivity index (χ2v) is 4.20. The van der Waals surface area contributed by atoms with Gasteiger partial charge in [0.1, 0.15) is 5.60 Å². The van der Waals surface area contributed by atoms with Gasteiger partial charge in [-0.3, -0.25) is 4.68 Å². The monoisotopic (exact) mass is 192 g/mol. The van der Waals surface area contributed by atoms with E-state index in [0.29, 0.717) is 5.92 Å². The molecule has 0 aromatic carbocycles. The van der Waals surface area contributed by atoms with Crippen LogP contribution in [0.2, 0.25) is 0 Å². The Morgan fingerprint density at radius 2 is 2.43 bits per heavy atom. The van der Waals surface area contributed by atoms with Gasteiger partial charge in [0.15, 0.2) is 0 Å². The van der Waals surface area contributed by atoms with Crippen LogP contribution in [-0.4, -0.2) is 14.9 Å². The van der Waals surface area contributed by atoms with Crippen molar-refractivity contribution in [2.45, 2.75) is 25.4 Å². The Balaban J connectivity index is 2.29. The molecule has 2 atom stereocenters. The molecule has 0 saturated carbocycles. The largest absolute Gasteiger partial charge is 0.381 e. The van der Waals surface area contributed by atoms with Crippen LogP contribution < -0.4 is 0 Å². The molecule has 0 bridgehead atoms. The van der Waals surface area contributed by atoms with Crippen LogP contribution in [0, 0.1) is 5.92 Å². The smallest absolute Gasteiger partial charge is 0.111 e. The Morgan fingerprint density at radius 3 is 2.93 bits per heavy atom. The molecule has 0 spiro atoms. The number of hydrogen-bond donors (Lipinski definition) is 1. The van der Waals surface area contributed by atoms with Crippen LogP contribution in [-0.2, 0) is 12.6 Å². The van der Waals surface area contributed by atoms with Crippen molar-refractivity contribution in [3.05, 3.63) is 30.1 Å². The minimum Gasteiger partial charge on any atom is -0.381 e. The normalized spacial score (nSPS) is 32.1. The summed E-state index contributed by atoms with van der Waals surface area (Å²) >= 11 is 0. The second-order valence-electron chi connectivity index (χ2n) is 4.20. The lowest BCUT2D eigenvalue weighted by atomic mass is 9.82. The molecule has 1 aliphatic carbocycles. The summed E-state index contributed by atoms with van der Waals surface area (Å²) in [7, 11) is 1.86. The first kappa shape index (κ1) is 9.46. The summed E-state index contributed by atoms with van der Waals surface area (Å²) in [6.45, 7) is 2.17. The zero-order chi connectivity index (χ0) is 10.2. The Hall–Kier alpha value is -1.09. The molecule has 0 saturated heterocycles. The molecule has 0 aliphatic heterocycles. The highest BCUT2D eigenvalue weighted by Gasteiger charge is 2.30. The van der Waals surface area contributed by atoms with Crippen molar-refractivity contribution in [1.82, 2.24) is 9.78 Å². The summed E-state index contributed by atoms with van der Waals surface area (Å²) in [5.74, 6) is 0.576. The van der Waals surface area contributed by atoms with Crippen LogP contribution in [0.15, 0.2) is 24.5 Å². The van der Waals surface area contributed by atoms with Gasteiger partial charge < -0.3 is 5.11 Å². The van der Waals surface area contributed by atoms with E-state index in [-0.39, 0.29) is 0 Å². The van der Waals surface area contributed by atoms with Crippen LogP contribution >= 0.6 is 0 Å². The van der Waals surface area contributed by atoms with Crippen molar-refractivity contribution in [2.24, 2.45) is 13.0 Å². The lowest BCUT2D eigenvalue weighted by molar-refractivity contribution is 0.0673. The molecule has 1 aromatic heterocycles. The molecule has 14 heavy (non-hydrogen) atoms. The average Bonchev–Trinajstić information content (AvgIpc) is 2.58. The van der Waals surface area contributed by atoms with E-state index in [1.54, 1.807) is 10.9 Å². The number of nitrogens with zero attached hydrogens (tertiary/aromatic N) is 2. The molecule has 2 unspecified atom stereocenters. The fourth-order valence-electron chi connectivity index (χ4n) is 1.84. The maximum atomic E-state index is 10.3. The van der Waals surface area contributed by atoms with E-state index in [0.717, 1.165) is 18.4 Å². The van der Waals surface area contributed by atoms with E-state index in [1.165, 1.54) is 0 Å². The maximum absolute atomic E-state index is 10.3. The van der Waals surface area contributed by atoms with E-state index >= 15 is 0 Å². The molecular weight excluding hydrogens is 176 g/mol. The maximum Gasteiger partial charge on any atom is 0.111 e. The van der Waals surface area contributed by atoms with Crippen LogP contribution in [0.4, 0.5) is 0 Å². The molecule has 76 valence electrons. The van der Waals surface area contributed by atoms with Gasteiger partial charge in [-0.15, -0.1) is 0 Å². The van der Waals surface area contributed by atoms with Gasteiger partial charge in [0, 0.05) is 18.8 Å². The van der Waals surface area contributed by atoms with E-state index in [4.69, 9.17) is 0 Å². The molecule has 1 N–H and O–H groups in total. The van der Waals surface area contributed by atoms with Gasteiger partial charge in [-0.1, -0.05) is 19.1 Å². The van der Waals surface area contributed by atoms with E-state index in [1.807, 2.05) is 19.3 Å². The minimum absolute atomic E-state index is 0.576. The third-order valence-corrected chi connectivity index (χ3v) is 2.89. The van der Waals surface area contributed by atoms with Gasteiger partial charge in [-0.2, -0.15) is 5.10 Å². The quantitative estimate of drug-likeness (QED) is 0.686. The number of rotatable bonds is 1. The van der Waals surface area contributed by atoms with Crippen molar-refractivity contribution in [2.75, 3.05) is 0 Å². The van der Waals surface area contributed by atoms with Gasteiger partial charge in [0.25, 0.3) is 0 Å². The molecule has 3 nitrogen and oxygen atoms in total. The lowest BCUT2D eigenvalue weighted by Crippen LogP contribution is -2.26. The Kier molecular flexibility index (Phi) is 2.19. The van der Waals surface area contributed by atoms with Crippen LogP contribution in [0.1, 0.15) is 25.3 Å². The van der Waals surface area contributed by atoms with Crippen LogP contribution in [0.5, 0.6) is 0 Å². The summed E-state index contributed by atoms with van der Waals surface area (Å²) in [5, 5.41) is 14.4. The first-order chi connectivity index (χ1) is 6.60. The summed E-state index contributed by atoms with van der Waals surface area (Å²) in [5.41, 5.74) is 0.101. The number of aromatic nitrogens is 2. The summed E-state index contributed by atoms with van der Waals surface area (Å²) < 4.78 is 1.72. The highest BCUT2D eigenvalue weighted by molar-refractivity contribution is 5.24. The third kappa shape index (κ3) is 1.60. The van der Waals surface area contributed by atoms with Gasteiger partial charge in [-0.05, 0) is 18.8 Å². The van der Waals surface area contributed by atoms with E-state index < -0.39 is 5.60 Å². The predicted molar refractivity (Wildman–Crippen MR) is 54.6 cm³/mol. The Morgan fingerprint density at radius 1 is 1.64 bits per heavy atom. The first-order valence-corrected chi connectivity index (χ1v) is 5.01. The Labute approximate surface area is 84.1 Å². The number of aryl methyl sites for hydroxylation is 1. The molecule has 2 rings (SSSR count). The zero-order valence-electron chi connectivity index (χ0n) is 8.64. The SMILES string of the molecule is CC1C=CC(O)(c2cnn(C)c2)CC1. The van der Waals surface area contributed by atoms with Crippen molar-refractivity contribution >= 4 is 0 Å². The second kappa shape index (κ2) is 3.24.